The van der Waals surface area contributed by atoms with Crippen molar-refractivity contribution in [3.05, 3.63) is 29.3 Å². The van der Waals surface area contributed by atoms with E-state index in [-0.39, 0.29) is 0 Å². The van der Waals surface area contributed by atoms with Crippen LogP contribution in [0.1, 0.15) is 38.3 Å². The molecule has 0 aliphatic heterocycles. The van der Waals surface area contributed by atoms with E-state index in [4.69, 9.17) is 0 Å². The molecule has 3 heteroatoms. The molecule has 2 rings (SSSR count). The van der Waals surface area contributed by atoms with Crippen molar-refractivity contribution in [1.29, 1.82) is 0 Å². The zero-order valence-electron chi connectivity index (χ0n) is 10.7. The van der Waals surface area contributed by atoms with Gasteiger partial charge >= 0.3 is 0 Å². The second kappa shape index (κ2) is 5.61. The molecule has 2 unspecified atom stereocenters. The second-order valence-corrected chi connectivity index (χ2v) is 5.61. The monoisotopic (exact) mass is 248 g/mol. The van der Waals surface area contributed by atoms with Gasteiger partial charge in [-0.1, -0.05) is 20.3 Å². The normalized spacial score (nSPS) is 15.0. The van der Waals surface area contributed by atoms with Crippen molar-refractivity contribution < 1.29 is 0 Å². The zero-order valence-corrected chi connectivity index (χ0v) is 11.6. The number of hydrogen-bond donors (Lipinski definition) is 1. The lowest BCUT2D eigenvalue weighted by atomic mass is 9.95. The summed E-state index contributed by atoms with van der Waals surface area (Å²) >= 11 is 1.76. The lowest BCUT2D eigenvalue weighted by Gasteiger charge is -2.19. The molecule has 2 atom stereocenters. The molecule has 0 saturated carbocycles. The molecule has 17 heavy (non-hydrogen) atoms. The van der Waals surface area contributed by atoms with E-state index in [0.29, 0.717) is 6.04 Å². The van der Waals surface area contributed by atoms with Crippen LogP contribution in [0.5, 0.6) is 0 Å². The molecule has 0 aliphatic carbocycles. The van der Waals surface area contributed by atoms with Crippen LogP contribution in [0.3, 0.4) is 0 Å². The Morgan fingerprint density at radius 2 is 2.29 bits per heavy atom. The first-order valence-electron chi connectivity index (χ1n) is 6.25. The standard InChI is InChI=1S/C14H20N2S/c1-4-10(2)7-13(15-3)11-8-14-12(16-9-11)5-6-17-14/h5-6,8-10,13,15H,4,7H2,1-3H3. The van der Waals surface area contributed by atoms with Gasteiger partial charge in [-0.25, -0.2) is 0 Å². The van der Waals surface area contributed by atoms with E-state index in [1.165, 1.54) is 23.1 Å². The van der Waals surface area contributed by atoms with Gasteiger partial charge in [-0.15, -0.1) is 11.3 Å². The summed E-state index contributed by atoms with van der Waals surface area (Å²) in [5.41, 5.74) is 2.42. The van der Waals surface area contributed by atoms with Gasteiger partial charge in [-0.05, 0) is 42.5 Å². The molecule has 0 spiro atoms. The van der Waals surface area contributed by atoms with Crippen molar-refractivity contribution in [3.63, 3.8) is 0 Å². The average Bonchev–Trinajstić information content (AvgIpc) is 2.82. The highest BCUT2D eigenvalue weighted by atomic mass is 32.1. The third-order valence-corrected chi connectivity index (χ3v) is 4.26. The van der Waals surface area contributed by atoms with Crippen LogP contribution in [-0.2, 0) is 0 Å². The van der Waals surface area contributed by atoms with E-state index < -0.39 is 0 Å². The van der Waals surface area contributed by atoms with Gasteiger partial charge in [0, 0.05) is 12.2 Å². The summed E-state index contributed by atoms with van der Waals surface area (Å²) in [6, 6.07) is 4.77. The Hall–Kier alpha value is -0.930. The zero-order chi connectivity index (χ0) is 12.3. The lowest BCUT2D eigenvalue weighted by molar-refractivity contribution is 0.421. The van der Waals surface area contributed by atoms with E-state index in [1.807, 2.05) is 13.2 Å². The van der Waals surface area contributed by atoms with Crippen LogP contribution in [-0.4, -0.2) is 12.0 Å². The highest BCUT2D eigenvalue weighted by Gasteiger charge is 2.13. The van der Waals surface area contributed by atoms with Crippen LogP contribution in [0.15, 0.2) is 23.7 Å². The molecule has 92 valence electrons. The van der Waals surface area contributed by atoms with Crippen LogP contribution in [0.4, 0.5) is 0 Å². The number of rotatable bonds is 5. The topological polar surface area (TPSA) is 24.9 Å². The number of aromatic nitrogens is 1. The lowest BCUT2D eigenvalue weighted by Crippen LogP contribution is -2.19. The number of thiophene rings is 1. The first-order valence-corrected chi connectivity index (χ1v) is 7.13. The highest BCUT2D eigenvalue weighted by molar-refractivity contribution is 7.17. The molecular formula is C14H20N2S. The highest BCUT2D eigenvalue weighted by Crippen LogP contribution is 2.26. The number of pyridine rings is 1. The van der Waals surface area contributed by atoms with Crippen LogP contribution >= 0.6 is 11.3 Å². The fraction of sp³-hybridized carbons (Fsp3) is 0.500. The molecule has 0 bridgehead atoms. The number of fused-ring (bicyclic) bond motifs is 1. The predicted octanol–water partition coefficient (Wildman–Crippen LogP) is 3.99. The van der Waals surface area contributed by atoms with Crippen molar-refractivity contribution in [1.82, 2.24) is 10.3 Å². The van der Waals surface area contributed by atoms with E-state index in [9.17, 15) is 0 Å². The van der Waals surface area contributed by atoms with Gasteiger partial charge in [-0.2, -0.15) is 0 Å². The minimum Gasteiger partial charge on any atom is -0.313 e. The van der Waals surface area contributed by atoms with Gasteiger partial charge in [-0.3, -0.25) is 4.98 Å². The Labute approximate surface area is 107 Å². The van der Waals surface area contributed by atoms with E-state index in [2.05, 4.69) is 41.7 Å². The molecule has 0 aromatic carbocycles. The van der Waals surface area contributed by atoms with Gasteiger partial charge < -0.3 is 5.32 Å². The van der Waals surface area contributed by atoms with Crippen molar-refractivity contribution in [3.8, 4) is 0 Å². The van der Waals surface area contributed by atoms with Gasteiger partial charge in [0.25, 0.3) is 0 Å². The summed E-state index contributed by atoms with van der Waals surface area (Å²) in [6.45, 7) is 4.56. The fourth-order valence-corrected chi connectivity index (χ4v) is 2.83. The smallest absolute Gasteiger partial charge is 0.0809 e. The SMILES string of the molecule is CCC(C)CC(NC)c1cnc2ccsc2c1. The maximum Gasteiger partial charge on any atom is 0.0809 e. The largest absolute Gasteiger partial charge is 0.313 e. The summed E-state index contributed by atoms with van der Waals surface area (Å²) in [7, 11) is 2.03. The second-order valence-electron chi connectivity index (χ2n) is 4.66. The predicted molar refractivity (Wildman–Crippen MR) is 75.5 cm³/mol. The maximum atomic E-state index is 4.51. The molecule has 2 heterocycles. The van der Waals surface area contributed by atoms with Gasteiger partial charge in [0.2, 0.25) is 0 Å². The molecule has 0 fully saturated rings. The molecule has 2 nitrogen and oxygen atoms in total. The van der Waals surface area contributed by atoms with Crippen LogP contribution < -0.4 is 5.32 Å². The fourth-order valence-electron chi connectivity index (χ4n) is 2.04. The Morgan fingerprint density at radius 1 is 1.47 bits per heavy atom. The molecule has 2 aromatic rings. The van der Waals surface area contributed by atoms with Crippen LogP contribution in [0.25, 0.3) is 10.2 Å². The minimum atomic E-state index is 0.420. The Morgan fingerprint density at radius 3 is 3.00 bits per heavy atom. The molecule has 2 aromatic heterocycles. The first-order chi connectivity index (χ1) is 8.24. The third kappa shape index (κ3) is 2.85. The number of nitrogens with zero attached hydrogens (tertiary/aromatic N) is 1. The first kappa shape index (κ1) is 12.5. The molecule has 0 amide bonds. The van der Waals surface area contributed by atoms with Gasteiger partial charge in [0.15, 0.2) is 0 Å². The van der Waals surface area contributed by atoms with Crippen molar-refractivity contribution >= 4 is 21.6 Å². The van der Waals surface area contributed by atoms with E-state index in [0.717, 1.165) is 11.4 Å². The quantitative estimate of drug-likeness (QED) is 0.865. The van der Waals surface area contributed by atoms with E-state index >= 15 is 0 Å². The van der Waals surface area contributed by atoms with Crippen molar-refractivity contribution in [2.45, 2.75) is 32.7 Å². The third-order valence-electron chi connectivity index (χ3n) is 3.41. The number of nitrogens with one attached hydrogen (secondary N) is 1. The summed E-state index contributed by atoms with van der Waals surface area (Å²) in [6.07, 6.45) is 4.41. The Balaban J connectivity index is 2.23. The summed E-state index contributed by atoms with van der Waals surface area (Å²) in [5, 5.41) is 5.51. The van der Waals surface area contributed by atoms with Gasteiger partial charge in [0.1, 0.15) is 0 Å². The molecule has 0 radical (unpaired) electrons. The van der Waals surface area contributed by atoms with Crippen molar-refractivity contribution in [2.24, 2.45) is 5.92 Å². The van der Waals surface area contributed by atoms with Gasteiger partial charge in [0.05, 0.1) is 10.2 Å². The molecule has 0 aliphatic rings. The number of hydrogen-bond acceptors (Lipinski definition) is 3. The maximum absolute atomic E-state index is 4.51. The summed E-state index contributed by atoms with van der Waals surface area (Å²) in [5.74, 6) is 0.742. The van der Waals surface area contributed by atoms with Crippen molar-refractivity contribution in [2.75, 3.05) is 7.05 Å². The average molecular weight is 248 g/mol. The van der Waals surface area contributed by atoms with Crippen LogP contribution in [0.2, 0.25) is 0 Å². The summed E-state index contributed by atoms with van der Waals surface area (Å²) in [4.78, 5) is 4.51. The minimum absolute atomic E-state index is 0.420. The molecular weight excluding hydrogens is 228 g/mol. The molecule has 0 saturated heterocycles. The van der Waals surface area contributed by atoms with E-state index in [1.54, 1.807) is 11.3 Å². The molecule has 1 N–H and O–H groups in total. The Kier molecular flexibility index (Phi) is 4.13. The summed E-state index contributed by atoms with van der Waals surface area (Å²) < 4.78 is 1.28. The Bertz CT molecular complexity index is 478. The van der Waals surface area contributed by atoms with Crippen LogP contribution in [0, 0.1) is 5.92 Å².